The molecule has 0 saturated carbocycles. The van der Waals surface area contributed by atoms with Crippen LogP contribution >= 0.6 is 0 Å². The quantitative estimate of drug-likeness (QED) is 0.706. The first-order valence-electron chi connectivity index (χ1n) is 5.98. The molecule has 0 fully saturated rings. The largest absolute Gasteiger partial charge is 0.385 e. The van der Waals surface area contributed by atoms with Crippen LogP contribution in [0.3, 0.4) is 0 Å². The standard InChI is InChI=1S/C13H19N3O2/c1-3-8-15-11-6-4-10(5-7-11)13(18)16-9(2)12(14)17/h4-7,9,15H,3,8H2,1-2H3,(H2,14,17)(H,16,18). The number of carbonyl (C=O) groups excluding carboxylic acids is 2. The molecule has 0 heterocycles. The van der Waals surface area contributed by atoms with Crippen molar-refractivity contribution in [3.63, 3.8) is 0 Å². The number of nitrogens with two attached hydrogens (primary N) is 1. The molecular weight excluding hydrogens is 230 g/mol. The Hall–Kier alpha value is -2.04. The van der Waals surface area contributed by atoms with E-state index in [0.29, 0.717) is 5.56 Å². The molecule has 5 heteroatoms. The van der Waals surface area contributed by atoms with Crippen molar-refractivity contribution in [2.75, 3.05) is 11.9 Å². The lowest BCUT2D eigenvalue weighted by Gasteiger charge is -2.10. The summed E-state index contributed by atoms with van der Waals surface area (Å²) in [4.78, 5) is 22.6. The molecule has 1 aromatic carbocycles. The zero-order valence-electron chi connectivity index (χ0n) is 10.7. The van der Waals surface area contributed by atoms with Gasteiger partial charge in [0.25, 0.3) is 5.91 Å². The zero-order valence-corrected chi connectivity index (χ0v) is 10.7. The number of amides is 2. The Bertz CT molecular complexity index is 415. The monoisotopic (exact) mass is 249 g/mol. The molecule has 1 rings (SSSR count). The van der Waals surface area contributed by atoms with E-state index in [2.05, 4.69) is 17.6 Å². The first kappa shape index (κ1) is 14.0. The summed E-state index contributed by atoms with van der Waals surface area (Å²) in [5.41, 5.74) is 6.55. The minimum absolute atomic E-state index is 0.302. The fourth-order valence-corrected chi connectivity index (χ4v) is 1.36. The van der Waals surface area contributed by atoms with Gasteiger partial charge in [0.05, 0.1) is 0 Å². The van der Waals surface area contributed by atoms with Crippen LogP contribution in [0.1, 0.15) is 30.6 Å². The maximum Gasteiger partial charge on any atom is 0.251 e. The van der Waals surface area contributed by atoms with Gasteiger partial charge in [0.15, 0.2) is 0 Å². The highest BCUT2D eigenvalue weighted by atomic mass is 16.2. The van der Waals surface area contributed by atoms with Crippen molar-refractivity contribution in [3.8, 4) is 0 Å². The molecule has 1 atom stereocenters. The molecule has 0 bridgehead atoms. The molecule has 1 unspecified atom stereocenters. The Morgan fingerprint density at radius 3 is 2.39 bits per heavy atom. The Kier molecular flexibility index (Phi) is 5.17. The molecule has 4 N–H and O–H groups in total. The molecule has 0 aliphatic carbocycles. The third-order valence-corrected chi connectivity index (χ3v) is 2.50. The van der Waals surface area contributed by atoms with Crippen molar-refractivity contribution >= 4 is 17.5 Å². The van der Waals surface area contributed by atoms with E-state index in [1.54, 1.807) is 19.1 Å². The minimum Gasteiger partial charge on any atom is -0.385 e. The highest BCUT2D eigenvalue weighted by molar-refractivity contribution is 5.97. The van der Waals surface area contributed by atoms with Crippen molar-refractivity contribution in [1.82, 2.24) is 5.32 Å². The second-order valence-electron chi connectivity index (χ2n) is 4.10. The van der Waals surface area contributed by atoms with Gasteiger partial charge in [-0.25, -0.2) is 0 Å². The van der Waals surface area contributed by atoms with Crippen molar-refractivity contribution in [2.45, 2.75) is 26.3 Å². The Morgan fingerprint density at radius 2 is 1.89 bits per heavy atom. The van der Waals surface area contributed by atoms with Crippen LogP contribution in [0, 0.1) is 0 Å². The van der Waals surface area contributed by atoms with Crippen LogP contribution in [-0.2, 0) is 4.79 Å². The lowest BCUT2D eigenvalue weighted by molar-refractivity contribution is -0.119. The highest BCUT2D eigenvalue weighted by Crippen LogP contribution is 2.09. The van der Waals surface area contributed by atoms with E-state index in [0.717, 1.165) is 18.7 Å². The Balaban J connectivity index is 2.61. The summed E-state index contributed by atoms with van der Waals surface area (Å²) in [6.45, 7) is 4.53. The number of hydrogen-bond donors (Lipinski definition) is 3. The summed E-state index contributed by atoms with van der Waals surface area (Å²) in [5, 5.41) is 5.74. The van der Waals surface area contributed by atoms with Crippen LogP contribution in [0.5, 0.6) is 0 Å². The zero-order chi connectivity index (χ0) is 13.5. The van der Waals surface area contributed by atoms with Crippen molar-refractivity contribution < 1.29 is 9.59 Å². The van der Waals surface area contributed by atoms with Crippen LogP contribution in [0.4, 0.5) is 5.69 Å². The summed E-state index contributed by atoms with van der Waals surface area (Å²) >= 11 is 0. The molecule has 1 aromatic rings. The summed E-state index contributed by atoms with van der Waals surface area (Å²) in [7, 11) is 0. The van der Waals surface area contributed by atoms with Gasteiger partial charge in [-0.1, -0.05) is 6.92 Å². The van der Waals surface area contributed by atoms with Gasteiger partial charge in [-0.3, -0.25) is 9.59 Å². The van der Waals surface area contributed by atoms with Crippen LogP contribution < -0.4 is 16.4 Å². The second-order valence-corrected chi connectivity index (χ2v) is 4.10. The van der Waals surface area contributed by atoms with Gasteiger partial charge < -0.3 is 16.4 Å². The smallest absolute Gasteiger partial charge is 0.251 e. The third-order valence-electron chi connectivity index (χ3n) is 2.50. The summed E-state index contributed by atoms with van der Waals surface area (Å²) in [6.07, 6.45) is 1.04. The topological polar surface area (TPSA) is 84.2 Å². The minimum atomic E-state index is -0.671. The molecule has 0 radical (unpaired) electrons. The van der Waals surface area contributed by atoms with E-state index in [1.165, 1.54) is 0 Å². The average Bonchev–Trinajstić information content (AvgIpc) is 2.36. The molecule has 0 spiro atoms. The Morgan fingerprint density at radius 1 is 1.28 bits per heavy atom. The molecule has 0 aromatic heterocycles. The SMILES string of the molecule is CCCNc1ccc(C(=O)NC(C)C(N)=O)cc1. The third kappa shape index (κ3) is 4.08. The van der Waals surface area contributed by atoms with E-state index in [9.17, 15) is 9.59 Å². The number of anilines is 1. The summed E-state index contributed by atoms with van der Waals surface area (Å²) in [6, 6.07) is 6.41. The van der Waals surface area contributed by atoms with Gasteiger partial charge in [0.1, 0.15) is 6.04 Å². The number of nitrogens with one attached hydrogen (secondary N) is 2. The molecular formula is C13H19N3O2. The molecule has 5 nitrogen and oxygen atoms in total. The van der Waals surface area contributed by atoms with Gasteiger partial charge in [-0.05, 0) is 37.6 Å². The number of benzene rings is 1. The summed E-state index contributed by atoms with van der Waals surface area (Å²) < 4.78 is 0. The molecule has 98 valence electrons. The van der Waals surface area contributed by atoms with E-state index in [-0.39, 0.29) is 5.91 Å². The number of primary amides is 1. The lowest BCUT2D eigenvalue weighted by Crippen LogP contribution is -2.42. The fraction of sp³-hybridized carbons (Fsp3) is 0.385. The van der Waals surface area contributed by atoms with Crippen molar-refractivity contribution in [1.29, 1.82) is 0 Å². The maximum atomic E-state index is 11.7. The van der Waals surface area contributed by atoms with Crippen molar-refractivity contribution in [3.05, 3.63) is 29.8 Å². The summed E-state index contributed by atoms with van der Waals surface area (Å²) in [5.74, 6) is -0.854. The van der Waals surface area contributed by atoms with Crippen LogP contribution in [-0.4, -0.2) is 24.4 Å². The van der Waals surface area contributed by atoms with Crippen LogP contribution in [0.2, 0.25) is 0 Å². The van der Waals surface area contributed by atoms with Gasteiger partial charge >= 0.3 is 0 Å². The predicted octanol–water partition coefficient (Wildman–Crippen LogP) is 1.11. The predicted molar refractivity (Wildman–Crippen MR) is 71.3 cm³/mol. The fourth-order valence-electron chi connectivity index (χ4n) is 1.36. The molecule has 0 aliphatic heterocycles. The average molecular weight is 249 g/mol. The number of carbonyl (C=O) groups is 2. The molecule has 2 amide bonds. The second kappa shape index (κ2) is 6.64. The maximum absolute atomic E-state index is 11.7. The lowest BCUT2D eigenvalue weighted by atomic mass is 10.1. The van der Waals surface area contributed by atoms with Crippen LogP contribution in [0.15, 0.2) is 24.3 Å². The molecule has 18 heavy (non-hydrogen) atoms. The van der Waals surface area contributed by atoms with E-state index in [4.69, 9.17) is 5.73 Å². The van der Waals surface area contributed by atoms with E-state index < -0.39 is 11.9 Å². The van der Waals surface area contributed by atoms with Gasteiger partial charge in [0.2, 0.25) is 5.91 Å². The van der Waals surface area contributed by atoms with Gasteiger partial charge in [-0.15, -0.1) is 0 Å². The van der Waals surface area contributed by atoms with Gasteiger partial charge in [0, 0.05) is 17.8 Å². The molecule has 0 aliphatic rings. The number of hydrogen-bond acceptors (Lipinski definition) is 3. The normalized spacial score (nSPS) is 11.7. The Labute approximate surface area is 107 Å². The van der Waals surface area contributed by atoms with Gasteiger partial charge in [-0.2, -0.15) is 0 Å². The first-order chi connectivity index (χ1) is 8.54. The highest BCUT2D eigenvalue weighted by Gasteiger charge is 2.13. The van der Waals surface area contributed by atoms with E-state index in [1.807, 2.05) is 12.1 Å². The van der Waals surface area contributed by atoms with E-state index >= 15 is 0 Å². The number of rotatable bonds is 6. The first-order valence-corrected chi connectivity index (χ1v) is 5.98. The van der Waals surface area contributed by atoms with Crippen molar-refractivity contribution in [2.24, 2.45) is 5.73 Å². The molecule has 0 saturated heterocycles. The van der Waals surface area contributed by atoms with Crippen LogP contribution in [0.25, 0.3) is 0 Å².